The quantitative estimate of drug-likeness (QED) is 0.690. The van der Waals surface area contributed by atoms with Crippen molar-refractivity contribution in [3.8, 4) is 0 Å². The molecule has 0 aliphatic heterocycles. The summed E-state index contributed by atoms with van der Waals surface area (Å²) in [6, 6.07) is -1.93. The predicted molar refractivity (Wildman–Crippen MR) is 49.7 cm³/mol. The Bertz CT molecular complexity index is 276. The van der Waals surface area contributed by atoms with Gasteiger partial charge in [-0.2, -0.15) is 13.2 Å². The first-order chi connectivity index (χ1) is 7.26. The number of carbonyl (C=O) groups is 2. The fourth-order valence-electron chi connectivity index (χ4n) is 0.931. The molecule has 0 spiro atoms. The maximum atomic E-state index is 11.9. The first kappa shape index (κ1) is 14.5. The minimum Gasteiger partial charge on any atom is -0.480 e. The number of rotatable bonds is 6. The zero-order chi connectivity index (χ0) is 12.8. The van der Waals surface area contributed by atoms with Crippen LogP contribution in [0.2, 0.25) is 0 Å². The molecule has 0 radical (unpaired) electrons. The normalized spacial score (nSPS) is 12.9. The molecule has 92 valence electrons. The van der Waals surface area contributed by atoms with E-state index in [0.717, 1.165) is 0 Å². The molecule has 16 heavy (non-hydrogen) atoms. The second-order valence-corrected chi connectivity index (χ2v) is 3.10. The number of carboxylic acid groups (broad SMARTS) is 1. The van der Waals surface area contributed by atoms with Crippen molar-refractivity contribution in [2.24, 2.45) is 0 Å². The summed E-state index contributed by atoms with van der Waals surface area (Å²) in [5.41, 5.74) is 0. The second-order valence-electron chi connectivity index (χ2n) is 3.10. The minimum absolute atomic E-state index is 0.0782. The van der Waals surface area contributed by atoms with Gasteiger partial charge >= 0.3 is 12.1 Å². The van der Waals surface area contributed by atoms with Gasteiger partial charge in [-0.05, 0) is 6.42 Å². The zero-order valence-corrected chi connectivity index (χ0v) is 8.38. The molecule has 1 atom stereocenters. The van der Waals surface area contributed by atoms with Crippen LogP contribution in [0.5, 0.6) is 0 Å². The lowest BCUT2D eigenvalue weighted by atomic mass is 10.2. The van der Waals surface area contributed by atoms with Crippen LogP contribution in [-0.4, -0.2) is 29.2 Å². The number of hydrogen-bond acceptors (Lipinski definition) is 2. The summed E-state index contributed by atoms with van der Waals surface area (Å²) in [7, 11) is 0. The van der Waals surface area contributed by atoms with Crippen LogP contribution in [0.25, 0.3) is 0 Å². The average Bonchev–Trinajstić information content (AvgIpc) is 2.11. The second kappa shape index (κ2) is 6.14. The van der Waals surface area contributed by atoms with Crippen LogP contribution in [0, 0.1) is 0 Å². The van der Waals surface area contributed by atoms with E-state index in [9.17, 15) is 22.8 Å². The molecule has 0 aliphatic carbocycles. The van der Waals surface area contributed by atoms with E-state index in [1.165, 1.54) is 6.08 Å². The van der Waals surface area contributed by atoms with Gasteiger partial charge in [-0.3, -0.25) is 4.79 Å². The fraction of sp³-hybridized carbons (Fsp3) is 0.556. The Kier molecular flexibility index (Phi) is 5.55. The van der Waals surface area contributed by atoms with Gasteiger partial charge in [0.05, 0.1) is 6.42 Å². The fourth-order valence-corrected chi connectivity index (χ4v) is 0.931. The van der Waals surface area contributed by atoms with Crippen LogP contribution in [0.15, 0.2) is 12.7 Å². The van der Waals surface area contributed by atoms with Crippen LogP contribution in [-0.2, 0) is 9.59 Å². The Morgan fingerprint density at radius 1 is 1.44 bits per heavy atom. The molecule has 0 aromatic heterocycles. The number of alkyl halides is 3. The van der Waals surface area contributed by atoms with Gasteiger partial charge in [0.15, 0.2) is 0 Å². The standard InChI is InChI=1S/C9H12F3NO3/c1-2-3-4-7(14)13-6(8(15)16)5-9(10,11)12/h2,6H,1,3-5H2,(H,13,14)(H,15,16). The Balaban J connectivity index is 4.29. The minimum atomic E-state index is -4.63. The Morgan fingerprint density at radius 3 is 2.38 bits per heavy atom. The van der Waals surface area contributed by atoms with E-state index >= 15 is 0 Å². The van der Waals surface area contributed by atoms with Crippen LogP contribution < -0.4 is 5.32 Å². The van der Waals surface area contributed by atoms with E-state index in [2.05, 4.69) is 6.58 Å². The predicted octanol–water partition coefficient (Wildman–Crippen LogP) is 1.47. The van der Waals surface area contributed by atoms with Crippen molar-refractivity contribution in [2.45, 2.75) is 31.5 Å². The molecule has 0 rings (SSSR count). The van der Waals surface area contributed by atoms with Crippen molar-refractivity contribution in [2.75, 3.05) is 0 Å². The van der Waals surface area contributed by atoms with Gasteiger partial charge in [-0.25, -0.2) is 4.79 Å². The Labute approximate surface area is 90.1 Å². The molecule has 1 amide bonds. The third-order valence-electron chi connectivity index (χ3n) is 1.64. The largest absolute Gasteiger partial charge is 0.480 e. The number of nitrogens with one attached hydrogen (secondary N) is 1. The number of allylic oxidation sites excluding steroid dienone is 1. The SMILES string of the molecule is C=CCCC(=O)NC(CC(F)(F)F)C(=O)O. The molecule has 4 nitrogen and oxygen atoms in total. The Morgan fingerprint density at radius 2 is 2.00 bits per heavy atom. The van der Waals surface area contributed by atoms with Crippen molar-refractivity contribution < 1.29 is 27.9 Å². The number of carbonyl (C=O) groups excluding carboxylic acids is 1. The zero-order valence-electron chi connectivity index (χ0n) is 8.38. The van der Waals surface area contributed by atoms with E-state index in [1.54, 1.807) is 5.32 Å². The Hall–Kier alpha value is -1.53. The van der Waals surface area contributed by atoms with Crippen LogP contribution in [0.1, 0.15) is 19.3 Å². The summed E-state index contributed by atoms with van der Waals surface area (Å²) in [6.07, 6.45) is -4.59. The molecule has 0 aromatic rings. The number of halogens is 3. The summed E-state index contributed by atoms with van der Waals surface area (Å²) in [5, 5.41) is 10.3. The molecule has 7 heteroatoms. The van der Waals surface area contributed by atoms with Gasteiger partial charge in [0, 0.05) is 6.42 Å². The highest BCUT2D eigenvalue weighted by atomic mass is 19.4. The monoisotopic (exact) mass is 239 g/mol. The highest BCUT2D eigenvalue weighted by molar-refractivity contribution is 5.83. The van der Waals surface area contributed by atoms with Crippen LogP contribution in [0.4, 0.5) is 13.2 Å². The highest BCUT2D eigenvalue weighted by Crippen LogP contribution is 2.21. The molecule has 0 heterocycles. The molecule has 0 aliphatic rings. The molecule has 2 N–H and O–H groups in total. The molecule has 0 fully saturated rings. The summed E-state index contributed by atoms with van der Waals surface area (Å²) in [6.45, 7) is 3.33. The van der Waals surface area contributed by atoms with Gasteiger partial charge < -0.3 is 10.4 Å². The number of amides is 1. The van der Waals surface area contributed by atoms with Crippen molar-refractivity contribution in [3.05, 3.63) is 12.7 Å². The van der Waals surface area contributed by atoms with Gasteiger partial charge in [0.2, 0.25) is 5.91 Å². The first-order valence-electron chi connectivity index (χ1n) is 4.46. The molecule has 0 bridgehead atoms. The van der Waals surface area contributed by atoms with Crippen molar-refractivity contribution in [1.29, 1.82) is 0 Å². The van der Waals surface area contributed by atoms with Crippen LogP contribution >= 0.6 is 0 Å². The lowest BCUT2D eigenvalue weighted by Crippen LogP contribution is -2.43. The van der Waals surface area contributed by atoms with E-state index in [0.29, 0.717) is 0 Å². The molecule has 0 saturated heterocycles. The maximum Gasteiger partial charge on any atom is 0.391 e. The van der Waals surface area contributed by atoms with Crippen molar-refractivity contribution >= 4 is 11.9 Å². The van der Waals surface area contributed by atoms with Crippen molar-refractivity contribution in [1.82, 2.24) is 5.32 Å². The molecular formula is C9H12F3NO3. The smallest absolute Gasteiger partial charge is 0.391 e. The van der Waals surface area contributed by atoms with E-state index in [4.69, 9.17) is 5.11 Å². The number of carboxylic acids is 1. The average molecular weight is 239 g/mol. The van der Waals surface area contributed by atoms with Gasteiger partial charge in [0.1, 0.15) is 6.04 Å². The topological polar surface area (TPSA) is 66.4 Å². The summed E-state index contributed by atoms with van der Waals surface area (Å²) >= 11 is 0. The summed E-state index contributed by atoms with van der Waals surface area (Å²) in [4.78, 5) is 21.5. The van der Waals surface area contributed by atoms with E-state index in [-0.39, 0.29) is 12.8 Å². The molecule has 0 saturated carbocycles. The molecule has 0 aromatic carbocycles. The summed E-state index contributed by atoms with van der Waals surface area (Å²) < 4.78 is 35.8. The maximum absolute atomic E-state index is 11.9. The third kappa shape index (κ3) is 6.86. The van der Waals surface area contributed by atoms with Crippen molar-refractivity contribution in [3.63, 3.8) is 0 Å². The van der Waals surface area contributed by atoms with Gasteiger partial charge in [0.25, 0.3) is 0 Å². The van der Waals surface area contributed by atoms with Crippen LogP contribution in [0.3, 0.4) is 0 Å². The third-order valence-corrected chi connectivity index (χ3v) is 1.64. The van der Waals surface area contributed by atoms with E-state index < -0.39 is 30.5 Å². The molecular weight excluding hydrogens is 227 g/mol. The summed E-state index contributed by atoms with van der Waals surface area (Å²) in [5.74, 6) is -2.44. The molecule has 1 unspecified atom stereocenters. The number of aliphatic carboxylic acids is 1. The first-order valence-corrected chi connectivity index (χ1v) is 4.46. The lowest BCUT2D eigenvalue weighted by molar-refractivity contribution is -0.160. The van der Waals surface area contributed by atoms with Gasteiger partial charge in [-0.1, -0.05) is 6.08 Å². The van der Waals surface area contributed by atoms with Gasteiger partial charge in [-0.15, -0.1) is 6.58 Å². The highest BCUT2D eigenvalue weighted by Gasteiger charge is 2.36. The van der Waals surface area contributed by atoms with E-state index in [1.807, 2.05) is 0 Å². The lowest BCUT2D eigenvalue weighted by Gasteiger charge is -2.15. The number of hydrogen-bond donors (Lipinski definition) is 2.